The summed E-state index contributed by atoms with van der Waals surface area (Å²) < 4.78 is 66.1. The van der Waals surface area contributed by atoms with Crippen LogP contribution >= 0.6 is 0 Å². The van der Waals surface area contributed by atoms with E-state index in [0.29, 0.717) is 13.0 Å². The van der Waals surface area contributed by atoms with Gasteiger partial charge in [0.1, 0.15) is 30.0 Å². The van der Waals surface area contributed by atoms with Crippen LogP contribution in [0.15, 0.2) is 31.0 Å². The monoisotopic (exact) mass is 439 g/mol. The van der Waals surface area contributed by atoms with E-state index < -0.39 is 41.5 Å². The summed E-state index contributed by atoms with van der Waals surface area (Å²) in [5.74, 6) is -4.98. The van der Waals surface area contributed by atoms with E-state index in [1.54, 1.807) is 31.7 Å². The maximum absolute atomic E-state index is 13.7. The molecule has 0 bridgehead atoms. The molecule has 5 atom stereocenters. The van der Waals surface area contributed by atoms with Gasteiger partial charge in [0.15, 0.2) is 23.2 Å². The zero-order chi connectivity index (χ0) is 22.3. The van der Waals surface area contributed by atoms with Crippen LogP contribution in [0.2, 0.25) is 0 Å². The Morgan fingerprint density at radius 2 is 2.00 bits per heavy atom. The number of hydrogen-bond acceptors (Lipinski definition) is 6. The number of methoxy groups -OCH3 is 1. The summed E-state index contributed by atoms with van der Waals surface area (Å²) in [6, 6.07) is 1.29. The highest BCUT2D eigenvalue weighted by Crippen LogP contribution is 2.40. The molecule has 31 heavy (non-hydrogen) atoms. The second-order valence-electron chi connectivity index (χ2n) is 8.06. The molecular formula is C21H24F3N3O4. The molecule has 0 amide bonds. The van der Waals surface area contributed by atoms with E-state index in [1.807, 2.05) is 0 Å². The van der Waals surface area contributed by atoms with E-state index in [4.69, 9.17) is 18.9 Å². The quantitative estimate of drug-likeness (QED) is 0.526. The van der Waals surface area contributed by atoms with Crippen LogP contribution in [0.4, 0.5) is 13.2 Å². The summed E-state index contributed by atoms with van der Waals surface area (Å²) in [6.45, 7) is 7.70. The van der Waals surface area contributed by atoms with Crippen molar-refractivity contribution in [1.82, 2.24) is 15.0 Å². The molecule has 1 aromatic heterocycles. The topological polar surface area (TPSA) is 67.6 Å². The maximum atomic E-state index is 13.7. The lowest BCUT2D eigenvalue weighted by atomic mass is 9.90. The minimum atomic E-state index is -1.53. The standard InChI is InChI=1S/C21H24F3N3O4/c1-5-6-15-19(28-4)18(20-16(30-15)10-29-21(2,3)31-20)27-9-14(25-26-27)11-7-12(22)17(24)13(23)8-11/h5,7-9,15-16,18-20H,1,6,10H2,2-4H3/t15-,16-,18?,19+,20+/m1/s1. The van der Waals surface area contributed by atoms with Gasteiger partial charge in [0.05, 0.1) is 18.9 Å². The third kappa shape index (κ3) is 4.12. The molecule has 0 aliphatic carbocycles. The molecule has 0 saturated carbocycles. The Hall–Kier alpha value is -2.27. The van der Waals surface area contributed by atoms with Gasteiger partial charge in [-0.1, -0.05) is 11.3 Å². The van der Waals surface area contributed by atoms with Crippen molar-refractivity contribution in [3.63, 3.8) is 0 Å². The normalized spacial score (nSPS) is 30.1. The van der Waals surface area contributed by atoms with Gasteiger partial charge in [0.25, 0.3) is 0 Å². The number of aromatic nitrogens is 3. The van der Waals surface area contributed by atoms with Crippen molar-refractivity contribution in [2.45, 2.75) is 56.5 Å². The van der Waals surface area contributed by atoms with Crippen LogP contribution in [0.5, 0.6) is 0 Å². The van der Waals surface area contributed by atoms with Gasteiger partial charge in [-0.2, -0.15) is 0 Å². The van der Waals surface area contributed by atoms with Gasteiger partial charge in [0.2, 0.25) is 0 Å². The van der Waals surface area contributed by atoms with Gasteiger partial charge in [0, 0.05) is 12.7 Å². The number of hydrogen-bond donors (Lipinski definition) is 0. The van der Waals surface area contributed by atoms with Crippen molar-refractivity contribution in [2.75, 3.05) is 13.7 Å². The first-order chi connectivity index (χ1) is 14.7. The Labute approximate surface area is 177 Å². The Morgan fingerprint density at radius 3 is 2.65 bits per heavy atom. The van der Waals surface area contributed by atoms with Gasteiger partial charge in [-0.05, 0) is 32.4 Å². The van der Waals surface area contributed by atoms with Crippen LogP contribution in [0, 0.1) is 17.5 Å². The van der Waals surface area contributed by atoms with E-state index in [2.05, 4.69) is 16.9 Å². The summed E-state index contributed by atoms with van der Waals surface area (Å²) in [4.78, 5) is 0. The summed E-state index contributed by atoms with van der Waals surface area (Å²) in [6.07, 6.45) is 2.12. The van der Waals surface area contributed by atoms with E-state index in [-0.39, 0.29) is 23.5 Å². The summed E-state index contributed by atoms with van der Waals surface area (Å²) in [5, 5.41) is 8.22. The lowest BCUT2D eigenvalue weighted by Gasteiger charge is -2.51. The fraction of sp³-hybridized carbons (Fsp3) is 0.524. The van der Waals surface area contributed by atoms with Crippen LogP contribution in [-0.2, 0) is 18.9 Å². The molecule has 2 saturated heterocycles. The molecule has 0 spiro atoms. The number of rotatable bonds is 5. The summed E-state index contributed by atoms with van der Waals surface area (Å²) in [7, 11) is 1.56. The summed E-state index contributed by atoms with van der Waals surface area (Å²) in [5.41, 5.74) is 0.248. The first-order valence-electron chi connectivity index (χ1n) is 9.91. The average molecular weight is 439 g/mol. The highest BCUT2D eigenvalue weighted by molar-refractivity contribution is 5.57. The Balaban J connectivity index is 1.73. The van der Waals surface area contributed by atoms with E-state index in [9.17, 15) is 13.2 Å². The third-order valence-electron chi connectivity index (χ3n) is 5.54. The highest BCUT2D eigenvalue weighted by atomic mass is 19.2. The van der Waals surface area contributed by atoms with Gasteiger partial charge in [-0.25, -0.2) is 17.9 Å². The van der Waals surface area contributed by atoms with Crippen LogP contribution in [0.25, 0.3) is 11.3 Å². The molecule has 2 aromatic rings. The van der Waals surface area contributed by atoms with Crippen LogP contribution in [-0.4, -0.2) is 58.9 Å². The smallest absolute Gasteiger partial charge is 0.194 e. The molecule has 168 valence electrons. The Bertz CT molecular complexity index is 944. The van der Waals surface area contributed by atoms with E-state index >= 15 is 0 Å². The number of ether oxygens (including phenoxy) is 4. The molecule has 0 N–H and O–H groups in total. The summed E-state index contributed by atoms with van der Waals surface area (Å²) >= 11 is 0. The highest BCUT2D eigenvalue weighted by Gasteiger charge is 2.52. The number of benzene rings is 1. The Kier molecular flexibility index (Phi) is 5.91. The predicted molar refractivity (Wildman–Crippen MR) is 104 cm³/mol. The van der Waals surface area contributed by atoms with Crippen molar-refractivity contribution in [3.05, 3.63) is 48.4 Å². The van der Waals surface area contributed by atoms with Gasteiger partial charge >= 0.3 is 0 Å². The number of halogens is 3. The molecule has 3 heterocycles. The minimum absolute atomic E-state index is 0.0658. The second-order valence-corrected chi connectivity index (χ2v) is 8.06. The fourth-order valence-electron chi connectivity index (χ4n) is 4.13. The van der Waals surface area contributed by atoms with Crippen LogP contribution < -0.4 is 0 Å². The SMILES string of the molecule is C=CC[C@H]1O[C@@H]2COC(C)(C)O[C@@H]2C(n2cc(-c3cc(F)c(F)c(F)c3)nn2)[C@H]1OC. The zero-order valence-corrected chi connectivity index (χ0v) is 17.4. The zero-order valence-electron chi connectivity index (χ0n) is 17.4. The first kappa shape index (κ1) is 21.9. The van der Waals surface area contributed by atoms with Gasteiger partial charge in [-0.15, -0.1) is 11.7 Å². The van der Waals surface area contributed by atoms with Crippen molar-refractivity contribution >= 4 is 0 Å². The van der Waals surface area contributed by atoms with Crippen molar-refractivity contribution in [1.29, 1.82) is 0 Å². The molecule has 2 fully saturated rings. The van der Waals surface area contributed by atoms with E-state index in [1.165, 1.54) is 6.20 Å². The molecule has 10 heteroatoms. The maximum Gasteiger partial charge on any atom is 0.194 e. The number of fused-ring (bicyclic) bond motifs is 1. The first-order valence-corrected chi connectivity index (χ1v) is 9.91. The molecule has 1 aromatic carbocycles. The molecule has 1 unspecified atom stereocenters. The molecule has 0 radical (unpaired) electrons. The molecular weight excluding hydrogens is 415 g/mol. The van der Waals surface area contributed by atoms with Gasteiger partial charge < -0.3 is 18.9 Å². The fourth-order valence-corrected chi connectivity index (χ4v) is 4.13. The molecule has 2 aliphatic heterocycles. The lowest BCUT2D eigenvalue weighted by Crippen LogP contribution is -2.62. The van der Waals surface area contributed by atoms with Crippen molar-refractivity contribution < 1.29 is 32.1 Å². The van der Waals surface area contributed by atoms with E-state index in [0.717, 1.165) is 12.1 Å². The van der Waals surface area contributed by atoms with Crippen LogP contribution in [0.3, 0.4) is 0 Å². The largest absolute Gasteiger partial charge is 0.376 e. The molecule has 4 rings (SSSR count). The third-order valence-corrected chi connectivity index (χ3v) is 5.54. The number of nitrogens with zero attached hydrogens (tertiary/aromatic N) is 3. The predicted octanol–water partition coefficient (Wildman–Crippen LogP) is 3.41. The molecule has 2 aliphatic rings. The van der Waals surface area contributed by atoms with Crippen LogP contribution in [0.1, 0.15) is 26.3 Å². The average Bonchev–Trinajstić information content (AvgIpc) is 3.20. The van der Waals surface area contributed by atoms with Gasteiger partial charge in [-0.3, -0.25) is 0 Å². The van der Waals surface area contributed by atoms with Crippen molar-refractivity contribution in [2.24, 2.45) is 0 Å². The van der Waals surface area contributed by atoms with Crippen molar-refractivity contribution in [3.8, 4) is 11.3 Å². The minimum Gasteiger partial charge on any atom is -0.376 e. The molecule has 7 nitrogen and oxygen atoms in total. The Morgan fingerprint density at radius 1 is 1.29 bits per heavy atom. The second kappa shape index (κ2) is 8.34. The lowest BCUT2D eigenvalue weighted by molar-refractivity contribution is -0.349.